The van der Waals surface area contributed by atoms with Gasteiger partial charge >= 0.3 is 25.1 Å². The van der Waals surface area contributed by atoms with Crippen molar-refractivity contribution in [1.82, 2.24) is 4.67 Å². The van der Waals surface area contributed by atoms with E-state index in [0.717, 1.165) is 23.5 Å². The molecule has 204 valence electrons. The number of hydrogen-bond donors (Lipinski definition) is 1. The van der Waals surface area contributed by atoms with E-state index < -0.39 is 55.6 Å². The van der Waals surface area contributed by atoms with Gasteiger partial charge in [0.15, 0.2) is 0 Å². The molecular formula is C25H24F4NO6PS. The van der Waals surface area contributed by atoms with E-state index in [4.69, 9.17) is 9.26 Å². The smallest absolute Gasteiger partial charge is 0.393 e. The van der Waals surface area contributed by atoms with Gasteiger partial charge < -0.3 is 14.4 Å². The van der Waals surface area contributed by atoms with Gasteiger partial charge in [-0.3, -0.25) is 9.36 Å². The van der Waals surface area contributed by atoms with Crippen molar-refractivity contribution < 1.29 is 46.1 Å². The van der Waals surface area contributed by atoms with Crippen LogP contribution in [0.15, 0.2) is 54.6 Å². The van der Waals surface area contributed by atoms with E-state index in [1.165, 1.54) is 36.4 Å². The fourth-order valence-corrected chi connectivity index (χ4v) is 7.32. The first-order valence-electron chi connectivity index (χ1n) is 11.7. The highest BCUT2D eigenvalue weighted by atomic mass is 32.1. The lowest BCUT2D eigenvalue weighted by Gasteiger charge is -2.35. The largest absolute Gasteiger partial charge is 0.477 e. The molecule has 13 heteroatoms. The summed E-state index contributed by atoms with van der Waals surface area (Å²) in [5, 5.41) is 9.37. The normalized spacial score (nSPS) is 19.2. The van der Waals surface area contributed by atoms with Gasteiger partial charge in [0.25, 0.3) is 5.92 Å². The number of ether oxygens (including phenoxy) is 1. The summed E-state index contributed by atoms with van der Waals surface area (Å²) in [6.45, 7) is 0.298. The van der Waals surface area contributed by atoms with Crippen molar-refractivity contribution in [3.05, 3.63) is 65.0 Å². The first-order valence-corrected chi connectivity index (χ1v) is 14.1. The Labute approximate surface area is 219 Å². The number of aromatic carboxylic acids is 1. The van der Waals surface area contributed by atoms with Crippen LogP contribution >= 0.6 is 18.9 Å². The minimum Gasteiger partial charge on any atom is -0.477 e. The molecule has 3 aromatic rings. The second-order valence-corrected chi connectivity index (χ2v) is 12.2. The number of alkyl halides is 4. The number of para-hydroxylation sites is 1. The van der Waals surface area contributed by atoms with Crippen LogP contribution in [0.3, 0.4) is 0 Å². The van der Waals surface area contributed by atoms with Crippen molar-refractivity contribution >= 4 is 40.9 Å². The number of carboxylic acids is 1. The molecule has 0 radical (unpaired) electrons. The number of unbranched alkanes of at least 4 members (excludes halogenated alkanes) is 1. The van der Waals surface area contributed by atoms with E-state index in [2.05, 4.69) is 0 Å². The van der Waals surface area contributed by atoms with E-state index in [9.17, 15) is 28.0 Å². The predicted molar refractivity (Wildman–Crippen MR) is 133 cm³/mol. The topological polar surface area (TPSA) is 93.1 Å². The molecule has 1 saturated heterocycles. The summed E-state index contributed by atoms with van der Waals surface area (Å²) >= 11 is 0.858. The highest BCUT2D eigenvalue weighted by Crippen LogP contribution is 2.70. The number of nitrogens with zero attached hydrogens (tertiary/aromatic N) is 1. The Hall–Kier alpha value is -2.95. The number of carbonyl (C=O) groups excluding carboxylic acids is 1. The molecule has 1 fully saturated rings. The number of carbonyl (C=O) groups is 2. The Bertz CT molecular complexity index is 1380. The molecule has 4 rings (SSSR count). The third-order valence-electron chi connectivity index (χ3n) is 6.00. The number of carboxylic acid groups (broad SMARTS) is 1. The quantitative estimate of drug-likeness (QED) is 0.121. The van der Waals surface area contributed by atoms with Gasteiger partial charge in [-0.15, -0.1) is 11.3 Å². The highest BCUT2D eigenvalue weighted by molar-refractivity contribution is 7.57. The molecule has 2 heterocycles. The first kappa shape index (κ1) is 28.1. The molecule has 0 aliphatic carbocycles. The molecule has 1 N–H and O–H groups in total. The zero-order valence-electron chi connectivity index (χ0n) is 20.1. The van der Waals surface area contributed by atoms with Gasteiger partial charge in [-0.25, -0.2) is 13.6 Å². The molecule has 0 bridgehead atoms. The predicted octanol–water partition coefficient (Wildman–Crippen LogP) is 6.97. The summed E-state index contributed by atoms with van der Waals surface area (Å²) in [4.78, 5) is 24.0. The van der Waals surface area contributed by atoms with Crippen molar-refractivity contribution in [2.75, 3.05) is 13.2 Å². The first-order chi connectivity index (χ1) is 17.9. The molecule has 0 amide bonds. The van der Waals surface area contributed by atoms with Crippen LogP contribution in [-0.4, -0.2) is 46.8 Å². The summed E-state index contributed by atoms with van der Waals surface area (Å²) in [6, 6.07) is 9.26. The monoisotopic (exact) mass is 573 g/mol. The summed E-state index contributed by atoms with van der Waals surface area (Å²) in [5.74, 6) is -6.33. The highest BCUT2D eigenvalue weighted by Gasteiger charge is 2.66. The Morgan fingerprint density at radius 1 is 1.18 bits per heavy atom. The lowest BCUT2D eigenvalue weighted by molar-refractivity contribution is -0.148. The van der Waals surface area contributed by atoms with E-state index in [1.807, 2.05) is 6.92 Å². The fourth-order valence-electron chi connectivity index (χ4n) is 4.09. The molecule has 1 unspecified atom stereocenters. The fraction of sp³-hybridized carbons (Fsp3) is 0.360. The van der Waals surface area contributed by atoms with Gasteiger partial charge in [-0.2, -0.15) is 13.5 Å². The molecule has 2 atom stereocenters. The van der Waals surface area contributed by atoms with Crippen molar-refractivity contribution in [1.29, 1.82) is 0 Å². The number of benzene rings is 2. The van der Waals surface area contributed by atoms with Crippen molar-refractivity contribution in [2.45, 2.75) is 43.8 Å². The van der Waals surface area contributed by atoms with Crippen LogP contribution < -0.4 is 4.52 Å². The summed E-state index contributed by atoms with van der Waals surface area (Å²) in [7, 11) is -5.63. The van der Waals surface area contributed by atoms with Crippen LogP contribution in [-0.2, 0) is 19.8 Å². The summed E-state index contributed by atoms with van der Waals surface area (Å²) < 4.78 is 87.2. The minimum atomic E-state index is -5.63. The average Bonchev–Trinajstić information content (AvgIpc) is 3.45. The van der Waals surface area contributed by atoms with Crippen LogP contribution in [0.25, 0.3) is 10.1 Å². The molecule has 0 saturated carbocycles. The van der Waals surface area contributed by atoms with Crippen LogP contribution in [0.1, 0.15) is 41.4 Å². The third kappa shape index (κ3) is 5.43. The summed E-state index contributed by atoms with van der Waals surface area (Å²) in [6.07, 6.45) is -0.0932. The van der Waals surface area contributed by atoms with Crippen LogP contribution in [0, 0.1) is 0 Å². The van der Waals surface area contributed by atoms with Crippen LogP contribution in [0.5, 0.6) is 5.75 Å². The zero-order chi connectivity index (χ0) is 27.7. The Morgan fingerprint density at radius 3 is 2.55 bits per heavy atom. The van der Waals surface area contributed by atoms with Gasteiger partial charge in [-0.05, 0) is 42.1 Å². The van der Waals surface area contributed by atoms with E-state index in [-0.39, 0.29) is 27.3 Å². The SMILES string of the molecule is CCCCOC(=O)[C@@H]1CC(F)(F)CN1P(=O)(Oc1ccccc1)C(F)(F)c1ccc2sc(C(=O)O)cc2c1. The molecule has 1 aliphatic heterocycles. The summed E-state index contributed by atoms with van der Waals surface area (Å²) in [5.41, 5.74) is -5.22. The molecular weight excluding hydrogens is 549 g/mol. The van der Waals surface area contributed by atoms with Crippen molar-refractivity contribution in [3.63, 3.8) is 0 Å². The van der Waals surface area contributed by atoms with Gasteiger partial charge in [0, 0.05) is 16.7 Å². The van der Waals surface area contributed by atoms with Crippen LogP contribution in [0.4, 0.5) is 17.6 Å². The molecule has 1 aromatic heterocycles. The maximum atomic E-state index is 16.3. The van der Waals surface area contributed by atoms with E-state index >= 15 is 8.78 Å². The zero-order valence-corrected chi connectivity index (χ0v) is 21.8. The van der Waals surface area contributed by atoms with E-state index in [0.29, 0.717) is 17.5 Å². The second-order valence-electron chi connectivity index (χ2n) is 8.83. The van der Waals surface area contributed by atoms with Crippen LogP contribution in [0.2, 0.25) is 0 Å². The Kier molecular flexibility index (Phi) is 7.88. The van der Waals surface area contributed by atoms with Gasteiger partial charge in [0.1, 0.15) is 16.7 Å². The number of esters is 1. The molecule has 38 heavy (non-hydrogen) atoms. The molecule has 0 spiro atoms. The van der Waals surface area contributed by atoms with Gasteiger partial charge in [0.05, 0.1) is 13.2 Å². The Morgan fingerprint density at radius 2 is 1.89 bits per heavy atom. The molecule has 1 aliphatic rings. The number of thiophene rings is 1. The Balaban J connectivity index is 1.81. The third-order valence-corrected chi connectivity index (χ3v) is 9.63. The van der Waals surface area contributed by atoms with Crippen molar-refractivity contribution in [3.8, 4) is 5.75 Å². The maximum absolute atomic E-state index is 16.3. The minimum absolute atomic E-state index is 0.0988. The number of halogens is 4. The van der Waals surface area contributed by atoms with Gasteiger partial charge in [-0.1, -0.05) is 37.6 Å². The van der Waals surface area contributed by atoms with Crippen molar-refractivity contribution in [2.24, 2.45) is 0 Å². The maximum Gasteiger partial charge on any atom is 0.393 e. The number of hydrogen-bond acceptors (Lipinski definition) is 6. The lowest BCUT2D eigenvalue weighted by Crippen LogP contribution is -2.40. The average molecular weight is 574 g/mol. The standard InChI is InChI=1S/C25H24F4NO6PS/c1-2-3-11-35-23(33)19-14-24(26,27)15-30(19)37(34,36-18-7-5-4-6-8-18)25(28,29)17-9-10-20-16(12-17)13-21(38-20)22(31)32/h4-10,12-13,19H,2-3,11,14-15H2,1H3,(H,31,32)/t19-,37?/m0/s1. The number of rotatable bonds is 10. The number of fused-ring (bicyclic) bond motifs is 1. The second kappa shape index (κ2) is 10.7. The molecule has 2 aromatic carbocycles. The lowest BCUT2D eigenvalue weighted by atomic mass is 10.1. The van der Waals surface area contributed by atoms with E-state index in [1.54, 1.807) is 6.07 Å². The molecule has 7 nitrogen and oxygen atoms in total. The van der Waals surface area contributed by atoms with Gasteiger partial charge in [0.2, 0.25) is 0 Å².